The van der Waals surface area contributed by atoms with E-state index < -0.39 is 17.9 Å². The maximum atomic E-state index is 13.3. The third-order valence-electron chi connectivity index (χ3n) is 7.30. The van der Waals surface area contributed by atoms with E-state index in [1.54, 1.807) is 0 Å². The number of methoxy groups -OCH3 is 1. The van der Waals surface area contributed by atoms with Crippen molar-refractivity contribution < 1.29 is 23.8 Å². The second-order valence-electron chi connectivity index (χ2n) is 10.1. The number of likely N-dealkylation sites (tertiary alicyclic amines) is 1. The number of nitrogens with two attached hydrogens (primary N) is 2. The average Bonchev–Trinajstić information content (AvgIpc) is 2.99. The van der Waals surface area contributed by atoms with E-state index in [1.165, 1.54) is 19.2 Å². The molecule has 4 rings (SSSR count). The molecule has 40 heavy (non-hydrogen) atoms. The number of carbonyl (C=O) groups excluding carboxylic acids is 2. The SMILES string of the molecule is COc1cc(N)c(Cl)cc1C(=O)OCC1CCN(CC(C(=O)OCc2ccccc2)C(N)c2ccccc2)CC1. The van der Waals surface area contributed by atoms with Gasteiger partial charge in [-0.1, -0.05) is 72.3 Å². The summed E-state index contributed by atoms with van der Waals surface area (Å²) in [6.07, 6.45) is 1.64. The van der Waals surface area contributed by atoms with Crippen LogP contribution < -0.4 is 16.2 Å². The Labute approximate surface area is 240 Å². The quantitative estimate of drug-likeness (QED) is 0.250. The summed E-state index contributed by atoms with van der Waals surface area (Å²) in [5.74, 6) is -0.824. The number of hydrogen-bond acceptors (Lipinski definition) is 8. The Morgan fingerprint density at radius 3 is 2.30 bits per heavy atom. The number of anilines is 1. The third kappa shape index (κ3) is 7.75. The van der Waals surface area contributed by atoms with Crippen LogP contribution >= 0.6 is 11.6 Å². The first-order valence-corrected chi connectivity index (χ1v) is 13.8. The van der Waals surface area contributed by atoms with E-state index >= 15 is 0 Å². The summed E-state index contributed by atoms with van der Waals surface area (Å²) in [7, 11) is 1.46. The van der Waals surface area contributed by atoms with Crippen LogP contribution in [0.5, 0.6) is 5.75 Å². The molecule has 3 aromatic rings. The lowest BCUT2D eigenvalue weighted by atomic mass is 9.91. The molecule has 0 bridgehead atoms. The Morgan fingerprint density at radius 1 is 1.00 bits per heavy atom. The summed E-state index contributed by atoms with van der Waals surface area (Å²) in [6, 6.07) is 21.7. The van der Waals surface area contributed by atoms with Crippen LogP contribution in [0, 0.1) is 11.8 Å². The highest BCUT2D eigenvalue weighted by atomic mass is 35.5. The van der Waals surface area contributed by atoms with Crippen molar-refractivity contribution in [2.24, 2.45) is 17.6 Å². The molecule has 0 spiro atoms. The highest BCUT2D eigenvalue weighted by Crippen LogP contribution is 2.30. The van der Waals surface area contributed by atoms with Crippen molar-refractivity contribution in [3.8, 4) is 5.75 Å². The van der Waals surface area contributed by atoms with Crippen LogP contribution in [0.15, 0.2) is 72.8 Å². The number of carbonyl (C=O) groups is 2. The van der Waals surface area contributed by atoms with E-state index in [-0.39, 0.29) is 35.7 Å². The van der Waals surface area contributed by atoms with Crippen LogP contribution in [-0.2, 0) is 20.9 Å². The van der Waals surface area contributed by atoms with Crippen LogP contribution in [0.4, 0.5) is 5.69 Å². The zero-order chi connectivity index (χ0) is 28.5. The monoisotopic (exact) mass is 565 g/mol. The Kier molecular flexibility index (Phi) is 10.4. The molecule has 4 N–H and O–H groups in total. The van der Waals surface area contributed by atoms with Gasteiger partial charge < -0.3 is 30.6 Å². The highest BCUT2D eigenvalue weighted by molar-refractivity contribution is 6.33. The first-order chi connectivity index (χ1) is 19.4. The molecule has 1 heterocycles. The molecule has 1 fully saturated rings. The topological polar surface area (TPSA) is 117 Å². The van der Waals surface area contributed by atoms with E-state index in [2.05, 4.69) is 4.90 Å². The fourth-order valence-electron chi connectivity index (χ4n) is 4.86. The minimum absolute atomic E-state index is 0.196. The van der Waals surface area contributed by atoms with E-state index in [0.29, 0.717) is 18.0 Å². The van der Waals surface area contributed by atoms with Crippen molar-refractivity contribution in [3.63, 3.8) is 0 Å². The van der Waals surface area contributed by atoms with Gasteiger partial charge in [-0.3, -0.25) is 4.79 Å². The van der Waals surface area contributed by atoms with E-state index in [9.17, 15) is 9.59 Å². The Morgan fingerprint density at radius 2 is 1.65 bits per heavy atom. The number of nitrogens with zero attached hydrogens (tertiary/aromatic N) is 1. The van der Waals surface area contributed by atoms with Crippen molar-refractivity contribution in [2.45, 2.75) is 25.5 Å². The van der Waals surface area contributed by atoms with Gasteiger partial charge in [0.1, 0.15) is 17.9 Å². The minimum atomic E-state index is -0.525. The number of halogens is 1. The lowest BCUT2D eigenvalue weighted by Gasteiger charge is -2.35. The Balaban J connectivity index is 1.33. The summed E-state index contributed by atoms with van der Waals surface area (Å²) < 4.78 is 16.6. The molecule has 0 aliphatic carbocycles. The van der Waals surface area contributed by atoms with Crippen molar-refractivity contribution >= 4 is 29.2 Å². The standard InChI is InChI=1S/C31H36ClN3O5/c1-38-28-17-27(33)26(32)16-24(28)30(36)39-20-22-12-14-35(15-13-22)18-25(29(34)23-10-6-3-7-11-23)31(37)40-19-21-8-4-2-5-9-21/h2-11,16-17,22,25,29H,12-15,18-20,33-34H2,1H3. The summed E-state index contributed by atoms with van der Waals surface area (Å²) in [4.78, 5) is 28.2. The molecule has 212 valence electrons. The molecule has 0 radical (unpaired) electrons. The molecular formula is C31H36ClN3O5. The maximum Gasteiger partial charge on any atom is 0.341 e. The molecule has 9 heteroatoms. The average molecular weight is 566 g/mol. The van der Waals surface area contributed by atoms with Crippen LogP contribution in [-0.4, -0.2) is 50.2 Å². The van der Waals surface area contributed by atoms with E-state index in [0.717, 1.165) is 37.1 Å². The summed E-state index contributed by atoms with van der Waals surface area (Å²) in [5.41, 5.74) is 14.8. The van der Waals surface area contributed by atoms with Crippen LogP contribution in [0.1, 0.15) is 40.4 Å². The predicted molar refractivity (Wildman–Crippen MR) is 155 cm³/mol. The van der Waals surface area contributed by atoms with E-state index in [1.807, 2.05) is 60.7 Å². The largest absolute Gasteiger partial charge is 0.496 e. The van der Waals surface area contributed by atoms with Gasteiger partial charge in [-0.15, -0.1) is 0 Å². The fraction of sp³-hybridized carbons (Fsp3) is 0.355. The van der Waals surface area contributed by atoms with Crippen molar-refractivity contribution in [1.29, 1.82) is 0 Å². The van der Waals surface area contributed by atoms with Gasteiger partial charge in [-0.25, -0.2) is 4.79 Å². The number of piperidine rings is 1. The summed E-state index contributed by atoms with van der Waals surface area (Å²) in [6.45, 7) is 2.47. The smallest absolute Gasteiger partial charge is 0.341 e. The highest BCUT2D eigenvalue weighted by Gasteiger charge is 2.32. The second-order valence-corrected chi connectivity index (χ2v) is 10.5. The van der Waals surface area contributed by atoms with Crippen molar-refractivity contribution in [2.75, 3.05) is 39.1 Å². The predicted octanol–water partition coefficient (Wildman–Crippen LogP) is 4.86. The molecule has 2 atom stereocenters. The second kappa shape index (κ2) is 14.2. The zero-order valence-corrected chi connectivity index (χ0v) is 23.4. The van der Waals surface area contributed by atoms with Gasteiger partial charge in [0.05, 0.1) is 30.3 Å². The van der Waals surface area contributed by atoms with E-state index in [4.69, 9.17) is 37.3 Å². The summed E-state index contributed by atoms with van der Waals surface area (Å²) >= 11 is 6.09. The molecule has 1 saturated heterocycles. The number of rotatable bonds is 11. The molecule has 8 nitrogen and oxygen atoms in total. The molecule has 1 aliphatic rings. The molecule has 2 unspecified atom stereocenters. The van der Waals surface area contributed by atoms with Gasteiger partial charge in [0.2, 0.25) is 0 Å². The molecule has 0 saturated carbocycles. The van der Waals surface area contributed by atoms with Crippen molar-refractivity contribution in [3.05, 3.63) is 94.5 Å². The lowest BCUT2D eigenvalue weighted by molar-refractivity contribution is -0.151. The first-order valence-electron chi connectivity index (χ1n) is 13.4. The van der Waals surface area contributed by atoms with Gasteiger partial charge in [-0.2, -0.15) is 0 Å². The molecule has 0 aromatic heterocycles. The third-order valence-corrected chi connectivity index (χ3v) is 7.62. The van der Waals surface area contributed by atoms with Crippen molar-refractivity contribution in [1.82, 2.24) is 4.90 Å². The number of esters is 2. The molecule has 0 amide bonds. The lowest BCUT2D eigenvalue weighted by Crippen LogP contribution is -2.43. The summed E-state index contributed by atoms with van der Waals surface area (Å²) in [5, 5.41) is 0.270. The van der Waals surface area contributed by atoms with Gasteiger partial charge in [0.15, 0.2) is 0 Å². The number of hydrogen-bond donors (Lipinski definition) is 2. The normalized spacial score (nSPS) is 15.7. The first kappa shape index (κ1) is 29.4. The number of benzene rings is 3. The number of nitrogen functional groups attached to an aromatic ring is 1. The fourth-order valence-corrected chi connectivity index (χ4v) is 5.02. The Bertz CT molecular complexity index is 1270. The van der Waals surface area contributed by atoms with Crippen LogP contribution in [0.25, 0.3) is 0 Å². The maximum absolute atomic E-state index is 13.3. The zero-order valence-electron chi connectivity index (χ0n) is 22.6. The van der Waals surface area contributed by atoms with Crippen LogP contribution in [0.2, 0.25) is 5.02 Å². The molecular weight excluding hydrogens is 530 g/mol. The van der Waals surface area contributed by atoms with Gasteiger partial charge in [0.25, 0.3) is 0 Å². The molecule has 3 aromatic carbocycles. The molecule has 1 aliphatic heterocycles. The van der Waals surface area contributed by atoms with Gasteiger partial charge in [0, 0.05) is 18.7 Å². The van der Waals surface area contributed by atoms with Gasteiger partial charge >= 0.3 is 11.9 Å². The number of ether oxygens (including phenoxy) is 3. The Hall–Kier alpha value is -3.59. The minimum Gasteiger partial charge on any atom is -0.496 e. The van der Waals surface area contributed by atoms with Crippen LogP contribution in [0.3, 0.4) is 0 Å². The van der Waals surface area contributed by atoms with Gasteiger partial charge in [-0.05, 0) is 49.0 Å².